The Hall–Kier alpha value is -0.620. The molecule has 1 heterocycles. The molecule has 0 saturated heterocycles. The number of aliphatic hydroxyl groups excluding tert-OH is 1. The maximum Gasteiger partial charge on any atom is 0.126 e. The second-order valence-corrected chi connectivity index (χ2v) is 6.02. The molecule has 0 bridgehead atoms. The third kappa shape index (κ3) is 3.28. The van der Waals surface area contributed by atoms with E-state index in [4.69, 9.17) is 16.3 Å². The number of aliphatic hydroxyl groups is 1. The van der Waals surface area contributed by atoms with Crippen LogP contribution in [0.3, 0.4) is 0 Å². The van der Waals surface area contributed by atoms with Crippen molar-refractivity contribution in [1.29, 1.82) is 0 Å². The summed E-state index contributed by atoms with van der Waals surface area (Å²) in [6.07, 6.45) is 0.705. The van der Waals surface area contributed by atoms with Gasteiger partial charge in [-0.25, -0.2) is 0 Å². The number of hydrogen-bond acceptors (Lipinski definition) is 3. The SMILES string of the molecule is COc1ccc(Cl)cc1C(O)c1ncc(Br)cc1Br. The van der Waals surface area contributed by atoms with Crippen LogP contribution in [0.4, 0.5) is 0 Å². The highest BCUT2D eigenvalue weighted by Gasteiger charge is 2.19. The number of nitrogens with zero attached hydrogens (tertiary/aromatic N) is 1. The van der Waals surface area contributed by atoms with Gasteiger partial charge in [0.05, 0.1) is 12.8 Å². The molecule has 19 heavy (non-hydrogen) atoms. The fourth-order valence-electron chi connectivity index (χ4n) is 1.69. The minimum atomic E-state index is -0.920. The van der Waals surface area contributed by atoms with E-state index in [1.807, 2.05) is 6.07 Å². The van der Waals surface area contributed by atoms with Crippen LogP contribution in [-0.2, 0) is 0 Å². The van der Waals surface area contributed by atoms with Gasteiger partial charge in [0.25, 0.3) is 0 Å². The first-order chi connectivity index (χ1) is 9.02. The second kappa shape index (κ2) is 6.22. The third-order valence-corrected chi connectivity index (χ3v) is 3.89. The van der Waals surface area contributed by atoms with Crippen LogP contribution in [0.5, 0.6) is 5.75 Å². The molecule has 1 aromatic carbocycles. The zero-order valence-electron chi connectivity index (χ0n) is 9.90. The van der Waals surface area contributed by atoms with Gasteiger partial charge in [0.15, 0.2) is 0 Å². The smallest absolute Gasteiger partial charge is 0.126 e. The average molecular weight is 407 g/mol. The summed E-state index contributed by atoms with van der Waals surface area (Å²) in [6.45, 7) is 0. The minimum absolute atomic E-state index is 0.503. The molecule has 2 aromatic rings. The fraction of sp³-hybridized carbons (Fsp3) is 0.154. The molecule has 0 amide bonds. The van der Waals surface area contributed by atoms with Gasteiger partial charge < -0.3 is 9.84 Å². The van der Waals surface area contributed by atoms with Crippen molar-refractivity contribution in [3.8, 4) is 5.75 Å². The normalized spacial score (nSPS) is 12.3. The molecule has 1 aromatic heterocycles. The summed E-state index contributed by atoms with van der Waals surface area (Å²) >= 11 is 12.7. The summed E-state index contributed by atoms with van der Waals surface area (Å²) in [5.74, 6) is 0.563. The van der Waals surface area contributed by atoms with E-state index in [1.165, 1.54) is 0 Å². The van der Waals surface area contributed by atoms with E-state index >= 15 is 0 Å². The van der Waals surface area contributed by atoms with E-state index in [1.54, 1.807) is 31.5 Å². The molecule has 0 fully saturated rings. The first-order valence-electron chi connectivity index (χ1n) is 5.35. The zero-order chi connectivity index (χ0) is 14.0. The summed E-state index contributed by atoms with van der Waals surface area (Å²) in [4.78, 5) is 4.22. The molecule has 2 rings (SSSR count). The van der Waals surface area contributed by atoms with Crippen LogP contribution >= 0.6 is 43.5 Å². The van der Waals surface area contributed by atoms with Gasteiger partial charge in [0.2, 0.25) is 0 Å². The van der Waals surface area contributed by atoms with Crippen molar-refractivity contribution in [2.24, 2.45) is 0 Å². The predicted octanol–water partition coefficient (Wildman–Crippen LogP) is 4.35. The number of hydrogen-bond donors (Lipinski definition) is 1. The van der Waals surface area contributed by atoms with Gasteiger partial charge in [-0.3, -0.25) is 4.98 Å². The summed E-state index contributed by atoms with van der Waals surface area (Å²) in [7, 11) is 1.55. The van der Waals surface area contributed by atoms with Crippen molar-refractivity contribution in [2.45, 2.75) is 6.10 Å². The van der Waals surface area contributed by atoms with Crippen molar-refractivity contribution >= 4 is 43.5 Å². The molecule has 0 saturated carbocycles. The van der Waals surface area contributed by atoms with Gasteiger partial charge in [0.1, 0.15) is 11.9 Å². The lowest BCUT2D eigenvalue weighted by molar-refractivity contribution is 0.209. The Morgan fingerprint density at radius 2 is 2.05 bits per heavy atom. The van der Waals surface area contributed by atoms with Gasteiger partial charge in [0, 0.05) is 25.7 Å². The topological polar surface area (TPSA) is 42.4 Å². The third-order valence-electron chi connectivity index (χ3n) is 2.58. The first-order valence-corrected chi connectivity index (χ1v) is 7.31. The summed E-state index contributed by atoms with van der Waals surface area (Å²) < 4.78 is 6.77. The van der Waals surface area contributed by atoms with Crippen molar-refractivity contribution < 1.29 is 9.84 Å². The number of ether oxygens (including phenoxy) is 1. The number of aromatic nitrogens is 1. The number of rotatable bonds is 3. The monoisotopic (exact) mass is 405 g/mol. The first kappa shape index (κ1) is 14.8. The molecule has 6 heteroatoms. The Kier molecular flexibility index (Phi) is 4.84. The molecule has 3 nitrogen and oxygen atoms in total. The largest absolute Gasteiger partial charge is 0.496 e. The number of halogens is 3. The summed E-state index contributed by atoms with van der Waals surface area (Å²) in [6, 6.07) is 6.91. The summed E-state index contributed by atoms with van der Waals surface area (Å²) in [5, 5.41) is 11.0. The molecule has 0 aliphatic heterocycles. The van der Waals surface area contributed by atoms with Gasteiger partial charge in [-0.05, 0) is 56.1 Å². The molecule has 0 aliphatic rings. The predicted molar refractivity (Wildman–Crippen MR) is 81.7 cm³/mol. The molecule has 1 unspecified atom stereocenters. The standard InChI is InChI=1S/C13H10Br2ClNO2/c1-19-11-3-2-8(16)5-9(11)13(18)12-10(15)4-7(14)6-17-12/h2-6,13,18H,1H3. The van der Waals surface area contributed by atoms with E-state index in [0.717, 1.165) is 4.47 Å². The Balaban J connectivity index is 2.49. The lowest BCUT2D eigenvalue weighted by Crippen LogP contribution is -2.05. The Morgan fingerprint density at radius 1 is 1.32 bits per heavy atom. The van der Waals surface area contributed by atoms with E-state index in [2.05, 4.69) is 36.8 Å². The van der Waals surface area contributed by atoms with E-state index in [9.17, 15) is 5.11 Å². The van der Waals surface area contributed by atoms with Crippen LogP contribution in [0.15, 0.2) is 39.4 Å². The van der Waals surface area contributed by atoms with Crippen molar-refractivity contribution in [3.63, 3.8) is 0 Å². The summed E-state index contributed by atoms with van der Waals surface area (Å²) in [5.41, 5.74) is 1.08. The van der Waals surface area contributed by atoms with Gasteiger partial charge in [-0.15, -0.1) is 0 Å². The zero-order valence-corrected chi connectivity index (χ0v) is 13.8. The number of methoxy groups -OCH3 is 1. The maximum atomic E-state index is 10.5. The molecule has 1 N–H and O–H groups in total. The highest BCUT2D eigenvalue weighted by atomic mass is 79.9. The fourth-order valence-corrected chi connectivity index (χ4v) is 3.08. The quantitative estimate of drug-likeness (QED) is 0.823. The molecule has 0 aliphatic carbocycles. The maximum absolute atomic E-state index is 10.5. The van der Waals surface area contributed by atoms with Crippen LogP contribution in [0.2, 0.25) is 5.02 Å². The Labute approximate surface area is 132 Å². The number of pyridine rings is 1. The van der Waals surface area contributed by atoms with Gasteiger partial charge in [-0.2, -0.15) is 0 Å². The number of benzene rings is 1. The highest BCUT2D eigenvalue weighted by molar-refractivity contribution is 9.11. The van der Waals surface area contributed by atoms with Crippen molar-refractivity contribution in [2.75, 3.05) is 7.11 Å². The van der Waals surface area contributed by atoms with Crippen LogP contribution in [0, 0.1) is 0 Å². The van der Waals surface area contributed by atoms with Crippen LogP contribution in [0.1, 0.15) is 17.4 Å². The average Bonchev–Trinajstić information content (AvgIpc) is 2.38. The molecule has 1 atom stereocenters. The molecular formula is C13H10Br2ClNO2. The van der Waals surface area contributed by atoms with E-state index < -0.39 is 6.10 Å². The molecule has 100 valence electrons. The van der Waals surface area contributed by atoms with Crippen molar-refractivity contribution in [1.82, 2.24) is 4.98 Å². The Bertz CT molecular complexity index is 607. The minimum Gasteiger partial charge on any atom is -0.496 e. The molecule has 0 radical (unpaired) electrons. The van der Waals surface area contributed by atoms with Crippen LogP contribution in [-0.4, -0.2) is 17.2 Å². The molecule has 0 spiro atoms. The van der Waals surface area contributed by atoms with Gasteiger partial charge >= 0.3 is 0 Å². The van der Waals surface area contributed by atoms with E-state index in [0.29, 0.717) is 26.5 Å². The Morgan fingerprint density at radius 3 is 2.68 bits per heavy atom. The highest BCUT2D eigenvalue weighted by Crippen LogP contribution is 2.34. The second-order valence-electron chi connectivity index (χ2n) is 3.81. The van der Waals surface area contributed by atoms with Crippen LogP contribution in [0.25, 0.3) is 0 Å². The van der Waals surface area contributed by atoms with E-state index in [-0.39, 0.29) is 0 Å². The lowest BCUT2D eigenvalue weighted by atomic mass is 10.0. The lowest BCUT2D eigenvalue weighted by Gasteiger charge is -2.16. The van der Waals surface area contributed by atoms with Gasteiger partial charge in [-0.1, -0.05) is 11.6 Å². The van der Waals surface area contributed by atoms with Crippen LogP contribution < -0.4 is 4.74 Å². The van der Waals surface area contributed by atoms with Crippen molar-refractivity contribution in [3.05, 3.63) is 55.7 Å². The molecular weight excluding hydrogens is 397 g/mol.